The molecule has 0 rings (SSSR count). The minimum atomic E-state index is -2.79. The molecular weight excluding hydrogens is 174 g/mol. The highest BCUT2D eigenvalue weighted by atomic mass is 32.2. The second kappa shape index (κ2) is 6.20. The Morgan fingerprint density at radius 3 is 2.33 bits per heavy atom. The van der Waals surface area contributed by atoms with Gasteiger partial charge in [0.2, 0.25) is 0 Å². The fourth-order valence-corrected chi connectivity index (χ4v) is 1.51. The summed E-state index contributed by atoms with van der Waals surface area (Å²) >= 11 is 0. The van der Waals surface area contributed by atoms with Crippen LogP contribution in [0.4, 0.5) is 0 Å². The third kappa shape index (κ3) is 6.37. The van der Waals surface area contributed by atoms with E-state index in [0.717, 1.165) is 6.42 Å². The molecule has 0 aliphatic heterocycles. The fourth-order valence-electron chi connectivity index (χ4n) is 0.724. The predicted molar refractivity (Wildman–Crippen MR) is 51.8 cm³/mol. The van der Waals surface area contributed by atoms with Crippen molar-refractivity contribution < 1.29 is 8.42 Å². The van der Waals surface area contributed by atoms with Gasteiger partial charge in [-0.25, -0.2) is 8.42 Å². The van der Waals surface area contributed by atoms with E-state index in [9.17, 15) is 8.42 Å². The van der Waals surface area contributed by atoms with E-state index < -0.39 is 9.84 Å². The van der Waals surface area contributed by atoms with Crippen LogP contribution < -0.4 is 5.73 Å². The number of hydrogen-bond donors (Lipinski definition) is 1. The Hall–Kier alpha value is -0.350. The molecule has 0 fully saturated rings. The van der Waals surface area contributed by atoms with E-state index >= 15 is 0 Å². The molecule has 4 heteroatoms. The molecule has 72 valence electrons. The van der Waals surface area contributed by atoms with Gasteiger partial charge in [-0.3, -0.25) is 0 Å². The van der Waals surface area contributed by atoms with Crippen LogP contribution in [0.3, 0.4) is 0 Å². The Kier molecular flexibility index (Phi) is 6.02. The van der Waals surface area contributed by atoms with Gasteiger partial charge in [-0.2, -0.15) is 0 Å². The van der Waals surface area contributed by atoms with Crippen molar-refractivity contribution in [1.29, 1.82) is 0 Å². The average molecular weight is 191 g/mol. The van der Waals surface area contributed by atoms with Crippen LogP contribution in [0.15, 0.2) is 12.2 Å². The van der Waals surface area contributed by atoms with E-state index in [1.807, 2.05) is 12.2 Å². The maximum absolute atomic E-state index is 11.0. The quantitative estimate of drug-likeness (QED) is 0.629. The first-order chi connectivity index (χ1) is 5.62. The van der Waals surface area contributed by atoms with Crippen molar-refractivity contribution in [3.8, 4) is 0 Å². The molecule has 3 nitrogen and oxygen atoms in total. The summed E-state index contributed by atoms with van der Waals surface area (Å²) in [4.78, 5) is 0. The lowest BCUT2D eigenvalue weighted by atomic mass is 10.3. The maximum Gasteiger partial charge on any atom is 0.150 e. The van der Waals surface area contributed by atoms with Gasteiger partial charge in [0.25, 0.3) is 0 Å². The van der Waals surface area contributed by atoms with E-state index in [1.54, 1.807) is 6.92 Å². The average Bonchev–Trinajstić information content (AvgIpc) is 2.04. The monoisotopic (exact) mass is 191 g/mol. The van der Waals surface area contributed by atoms with E-state index in [4.69, 9.17) is 5.73 Å². The summed E-state index contributed by atoms with van der Waals surface area (Å²) in [7, 11) is -2.79. The molecule has 0 saturated heterocycles. The summed E-state index contributed by atoms with van der Waals surface area (Å²) in [6, 6.07) is 0. The molecule has 12 heavy (non-hydrogen) atoms. The molecule has 0 aliphatic rings. The van der Waals surface area contributed by atoms with Gasteiger partial charge in [-0.1, -0.05) is 19.1 Å². The molecule has 0 aromatic heterocycles. The first-order valence-corrected chi connectivity index (χ1v) is 6.00. The lowest BCUT2D eigenvalue weighted by Gasteiger charge is -1.95. The molecule has 0 aromatic rings. The predicted octanol–water partition coefficient (Wildman–Crippen LogP) is 0.716. The van der Waals surface area contributed by atoms with Crippen LogP contribution in [-0.2, 0) is 9.84 Å². The molecule has 0 saturated carbocycles. The molecule has 0 bridgehead atoms. The molecule has 0 radical (unpaired) electrons. The summed E-state index contributed by atoms with van der Waals surface area (Å²) in [5.41, 5.74) is 5.25. The lowest BCUT2D eigenvalue weighted by Crippen LogP contribution is -2.07. The minimum Gasteiger partial charge on any atom is -0.330 e. The summed E-state index contributed by atoms with van der Waals surface area (Å²) in [5, 5.41) is 0. The van der Waals surface area contributed by atoms with E-state index in [1.165, 1.54) is 0 Å². The normalized spacial score (nSPS) is 12.5. The van der Waals surface area contributed by atoms with E-state index in [0.29, 0.717) is 13.0 Å². The van der Waals surface area contributed by atoms with E-state index in [-0.39, 0.29) is 11.5 Å². The number of nitrogens with two attached hydrogens (primary N) is 1. The molecule has 0 amide bonds. The number of allylic oxidation sites excluding steroid dienone is 1. The van der Waals surface area contributed by atoms with Crippen LogP contribution in [0.25, 0.3) is 0 Å². The van der Waals surface area contributed by atoms with Crippen LogP contribution in [0.5, 0.6) is 0 Å². The Labute approximate surface area is 74.6 Å². The highest BCUT2D eigenvalue weighted by Gasteiger charge is 2.03. The van der Waals surface area contributed by atoms with Gasteiger partial charge < -0.3 is 5.73 Å². The van der Waals surface area contributed by atoms with Crippen molar-refractivity contribution in [2.24, 2.45) is 5.73 Å². The molecule has 0 unspecified atom stereocenters. The molecular formula is C8H17NO2S. The van der Waals surface area contributed by atoms with Gasteiger partial charge >= 0.3 is 0 Å². The van der Waals surface area contributed by atoms with Gasteiger partial charge in [0.15, 0.2) is 0 Å². The van der Waals surface area contributed by atoms with Gasteiger partial charge in [0, 0.05) is 5.75 Å². The maximum atomic E-state index is 11.0. The van der Waals surface area contributed by atoms with Crippen LogP contribution in [0.1, 0.15) is 19.8 Å². The fraction of sp³-hybridized carbons (Fsp3) is 0.750. The van der Waals surface area contributed by atoms with Gasteiger partial charge in [-0.15, -0.1) is 0 Å². The second-order valence-electron chi connectivity index (χ2n) is 2.57. The van der Waals surface area contributed by atoms with Crippen molar-refractivity contribution in [3.05, 3.63) is 12.2 Å². The standard InChI is InChI=1S/C8H17NO2S/c1-2-12(10,11)8-6-4-3-5-7-9/h3-4H,2,5-9H2,1H3/b4-3+. The number of rotatable bonds is 6. The number of hydrogen-bond acceptors (Lipinski definition) is 3. The third-order valence-electron chi connectivity index (χ3n) is 1.54. The Morgan fingerprint density at radius 2 is 1.83 bits per heavy atom. The zero-order valence-corrected chi connectivity index (χ0v) is 8.31. The van der Waals surface area contributed by atoms with Crippen LogP contribution in [0, 0.1) is 0 Å². The van der Waals surface area contributed by atoms with Crippen molar-refractivity contribution >= 4 is 9.84 Å². The van der Waals surface area contributed by atoms with Crippen LogP contribution in [0.2, 0.25) is 0 Å². The first-order valence-electron chi connectivity index (χ1n) is 4.18. The molecule has 2 N–H and O–H groups in total. The molecule has 0 aliphatic carbocycles. The smallest absolute Gasteiger partial charge is 0.150 e. The highest BCUT2D eigenvalue weighted by Crippen LogP contribution is 1.94. The summed E-state index contributed by atoms with van der Waals surface area (Å²) in [6.07, 6.45) is 5.23. The summed E-state index contributed by atoms with van der Waals surface area (Å²) in [5.74, 6) is 0.488. The molecule has 0 heterocycles. The van der Waals surface area contributed by atoms with E-state index in [2.05, 4.69) is 0 Å². The topological polar surface area (TPSA) is 60.2 Å². The minimum absolute atomic E-state index is 0.234. The van der Waals surface area contributed by atoms with Gasteiger partial charge in [-0.05, 0) is 19.4 Å². The van der Waals surface area contributed by atoms with Crippen LogP contribution >= 0.6 is 0 Å². The second-order valence-corrected chi connectivity index (χ2v) is 5.05. The Morgan fingerprint density at radius 1 is 1.25 bits per heavy atom. The van der Waals surface area contributed by atoms with Gasteiger partial charge in [0.1, 0.15) is 9.84 Å². The Bertz CT molecular complexity index is 219. The summed E-state index contributed by atoms with van der Waals surface area (Å²) < 4.78 is 21.9. The largest absolute Gasteiger partial charge is 0.330 e. The zero-order valence-electron chi connectivity index (χ0n) is 7.49. The zero-order chi connectivity index (χ0) is 9.45. The van der Waals surface area contributed by atoms with Crippen molar-refractivity contribution in [3.63, 3.8) is 0 Å². The highest BCUT2D eigenvalue weighted by molar-refractivity contribution is 7.91. The molecule has 0 aromatic carbocycles. The molecule has 0 spiro atoms. The lowest BCUT2D eigenvalue weighted by molar-refractivity contribution is 0.597. The Balaban J connectivity index is 3.56. The van der Waals surface area contributed by atoms with Crippen molar-refractivity contribution in [2.75, 3.05) is 18.1 Å². The summed E-state index contributed by atoms with van der Waals surface area (Å²) in [6.45, 7) is 2.29. The SMILES string of the molecule is CCS(=O)(=O)CC/C=C/CCN. The number of sulfone groups is 1. The third-order valence-corrected chi connectivity index (χ3v) is 3.27. The van der Waals surface area contributed by atoms with Crippen molar-refractivity contribution in [1.82, 2.24) is 0 Å². The molecule has 0 atom stereocenters. The first kappa shape index (κ1) is 11.6. The van der Waals surface area contributed by atoms with Crippen LogP contribution in [-0.4, -0.2) is 26.5 Å². The van der Waals surface area contributed by atoms with Crippen molar-refractivity contribution in [2.45, 2.75) is 19.8 Å². The van der Waals surface area contributed by atoms with Gasteiger partial charge in [0.05, 0.1) is 5.75 Å².